The molecule has 3 rings (SSSR count). The number of nitrogens with zero attached hydrogens (tertiary/aromatic N) is 1. The van der Waals surface area contributed by atoms with Gasteiger partial charge in [-0.1, -0.05) is 13.8 Å². The first-order valence-corrected chi connectivity index (χ1v) is 6.67. The molecule has 3 aliphatic heterocycles. The van der Waals surface area contributed by atoms with Crippen molar-refractivity contribution in [3.63, 3.8) is 0 Å². The predicted molar refractivity (Wildman–Crippen MR) is 66.4 cm³/mol. The number of hydrogen-bond donors (Lipinski definition) is 2. The van der Waals surface area contributed by atoms with E-state index in [1.54, 1.807) is 0 Å². The molecular formula is C13H26N2O. The molecule has 3 heteroatoms. The van der Waals surface area contributed by atoms with E-state index < -0.39 is 5.60 Å². The lowest BCUT2D eigenvalue weighted by atomic mass is 9.83. The van der Waals surface area contributed by atoms with Crippen molar-refractivity contribution in [3.8, 4) is 0 Å². The minimum Gasteiger partial charge on any atom is -0.389 e. The van der Waals surface area contributed by atoms with Gasteiger partial charge in [-0.25, -0.2) is 0 Å². The summed E-state index contributed by atoms with van der Waals surface area (Å²) in [5, 5.41) is 13.8. The van der Waals surface area contributed by atoms with Gasteiger partial charge in [0.05, 0.1) is 5.60 Å². The maximum absolute atomic E-state index is 10.2. The van der Waals surface area contributed by atoms with Gasteiger partial charge < -0.3 is 15.3 Å². The van der Waals surface area contributed by atoms with Crippen LogP contribution < -0.4 is 5.32 Å². The largest absolute Gasteiger partial charge is 0.389 e. The van der Waals surface area contributed by atoms with Gasteiger partial charge in [-0.2, -0.15) is 0 Å². The minimum atomic E-state index is -0.577. The van der Waals surface area contributed by atoms with Crippen LogP contribution >= 0.6 is 0 Å². The zero-order valence-corrected chi connectivity index (χ0v) is 10.9. The van der Waals surface area contributed by atoms with Crippen LogP contribution in [0.3, 0.4) is 0 Å². The minimum absolute atomic E-state index is 0.307. The number of aliphatic hydroxyl groups is 1. The van der Waals surface area contributed by atoms with Crippen LogP contribution in [0.2, 0.25) is 0 Å². The fourth-order valence-corrected chi connectivity index (χ4v) is 2.74. The standard InChI is InChI=1S/C13H26N2O/c1-10(2)13(3,16)9-14-12-8-15-6-4-11(12)5-7-15/h10-12,14,16H,4-9H2,1-3H3. The van der Waals surface area contributed by atoms with E-state index >= 15 is 0 Å². The molecule has 3 nitrogen and oxygen atoms in total. The molecule has 2 atom stereocenters. The Hall–Kier alpha value is -0.120. The topological polar surface area (TPSA) is 35.5 Å². The van der Waals surface area contributed by atoms with Crippen LogP contribution in [0.25, 0.3) is 0 Å². The van der Waals surface area contributed by atoms with Gasteiger partial charge in [-0.15, -0.1) is 0 Å². The van der Waals surface area contributed by atoms with Crippen molar-refractivity contribution >= 4 is 0 Å². The Morgan fingerprint density at radius 2 is 2.00 bits per heavy atom. The van der Waals surface area contributed by atoms with Crippen LogP contribution in [0.1, 0.15) is 33.6 Å². The number of fused-ring (bicyclic) bond motifs is 3. The molecule has 0 saturated carbocycles. The van der Waals surface area contributed by atoms with Gasteiger partial charge in [0.15, 0.2) is 0 Å². The normalized spacial score (nSPS) is 37.7. The van der Waals surface area contributed by atoms with Crippen LogP contribution in [-0.4, -0.2) is 47.8 Å². The van der Waals surface area contributed by atoms with E-state index in [4.69, 9.17) is 0 Å². The molecule has 0 aromatic carbocycles. The highest BCUT2D eigenvalue weighted by atomic mass is 16.3. The van der Waals surface area contributed by atoms with E-state index in [0.29, 0.717) is 12.0 Å². The molecular weight excluding hydrogens is 200 g/mol. The van der Waals surface area contributed by atoms with Gasteiger partial charge >= 0.3 is 0 Å². The second-order valence-corrected chi connectivity index (χ2v) is 6.14. The highest BCUT2D eigenvalue weighted by Gasteiger charge is 2.35. The van der Waals surface area contributed by atoms with Crippen molar-refractivity contribution in [2.75, 3.05) is 26.2 Å². The van der Waals surface area contributed by atoms with Gasteiger partial charge in [0.1, 0.15) is 0 Å². The molecule has 0 aromatic rings. The fourth-order valence-electron chi connectivity index (χ4n) is 2.74. The Morgan fingerprint density at radius 1 is 1.38 bits per heavy atom. The number of nitrogens with one attached hydrogen (secondary N) is 1. The lowest BCUT2D eigenvalue weighted by molar-refractivity contribution is -0.000877. The summed E-state index contributed by atoms with van der Waals surface area (Å²) in [6, 6.07) is 0.604. The van der Waals surface area contributed by atoms with Crippen LogP contribution in [-0.2, 0) is 0 Å². The quantitative estimate of drug-likeness (QED) is 0.753. The molecule has 0 amide bonds. The third-order valence-electron chi connectivity index (χ3n) is 4.62. The zero-order chi connectivity index (χ0) is 11.8. The number of rotatable bonds is 4. The average Bonchev–Trinajstić information content (AvgIpc) is 2.28. The van der Waals surface area contributed by atoms with Gasteiger partial charge in [-0.3, -0.25) is 0 Å². The molecule has 0 radical (unpaired) electrons. The van der Waals surface area contributed by atoms with E-state index in [9.17, 15) is 5.11 Å². The van der Waals surface area contributed by atoms with Crippen molar-refractivity contribution < 1.29 is 5.11 Å². The number of piperidine rings is 3. The highest BCUT2D eigenvalue weighted by molar-refractivity contribution is 4.92. The Labute approximate surface area is 99.2 Å². The molecule has 2 bridgehead atoms. The Bertz CT molecular complexity index is 232. The maximum atomic E-state index is 10.2. The molecule has 3 fully saturated rings. The van der Waals surface area contributed by atoms with Gasteiger partial charge in [0.2, 0.25) is 0 Å². The van der Waals surface area contributed by atoms with E-state index in [2.05, 4.69) is 24.1 Å². The van der Waals surface area contributed by atoms with Crippen molar-refractivity contribution in [2.45, 2.75) is 45.3 Å². The molecule has 16 heavy (non-hydrogen) atoms. The lowest BCUT2D eigenvalue weighted by Crippen LogP contribution is -2.58. The lowest BCUT2D eigenvalue weighted by Gasteiger charge is -2.46. The predicted octanol–water partition coefficient (Wildman–Crippen LogP) is 1.08. The third-order valence-corrected chi connectivity index (χ3v) is 4.62. The molecule has 94 valence electrons. The summed E-state index contributed by atoms with van der Waals surface area (Å²) in [6.45, 7) is 10.6. The third kappa shape index (κ3) is 2.58. The molecule has 0 aliphatic carbocycles. The smallest absolute Gasteiger partial charge is 0.0766 e. The van der Waals surface area contributed by atoms with E-state index in [1.807, 2.05) is 6.92 Å². The van der Waals surface area contributed by atoms with Crippen LogP contribution in [0.4, 0.5) is 0 Å². The molecule has 3 saturated heterocycles. The maximum Gasteiger partial charge on any atom is 0.0766 e. The zero-order valence-electron chi connectivity index (χ0n) is 10.9. The van der Waals surface area contributed by atoms with Crippen molar-refractivity contribution in [1.29, 1.82) is 0 Å². The summed E-state index contributed by atoms with van der Waals surface area (Å²) < 4.78 is 0. The van der Waals surface area contributed by atoms with Gasteiger partial charge in [0, 0.05) is 19.1 Å². The SMILES string of the molecule is CC(C)C(C)(O)CNC1CN2CCC1CC2. The highest BCUT2D eigenvalue weighted by Crippen LogP contribution is 2.28. The van der Waals surface area contributed by atoms with E-state index in [0.717, 1.165) is 12.5 Å². The number of hydrogen-bond acceptors (Lipinski definition) is 3. The fraction of sp³-hybridized carbons (Fsp3) is 1.00. The van der Waals surface area contributed by atoms with Crippen molar-refractivity contribution in [3.05, 3.63) is 0 Å². The van der Waals surface area contributed by atoms with Gasteiger partial charge in [0.25, 0.3) is 0 Å². The first kappa shape index (κ1) is 12.3. The van der Waals surface area contributed by atoms with Crippen LogP contribution in [0, 0.1) is 11.8 Å². The molecule has 3 aliphatic rings. The second-order valence-electron chi connectivity index (χ2n) is 6.14. The average molecular weight is 226 g/mol. The second kappa shape index (κ2) is 4.63. The monoisotopic (exact) mass is 226 g/mol. The summed E-state index contributed by atoms with van der Waals surface area (Å²) in [6.07, 6.45) is 2.67. The first-order valence-electron chi connectivity index (χ1n) is 6.67. The Balaban J connectivity index is 1.82. The summed E-state index contributed by atoms with van der Waals surface area (Å²) >= 11 is 0. The summed E-state index contributed by atoms with van der Waals surface area (Å²) in [5.74, 6) is 1.15. The molecule has 0 spiro atoms. The Kier molecular flexibility index (Phi) is 3.57. The van der Waals surface area contributed by atoms with Crippen molar-refractivity contribution in [1.82, 2.24) is 10.2 Å². The summed E-state index contributed by atoms with van der Waals surface area (Å²) in [7, 11) is 0. The molecule has 2 N–H and O–H groups in total. The molecule has 3 heterocycles. The van der Waals surface area contributed by atoms with Gasteiger partial charge in [-0.05, 0) is 44.7 Å². The summed E-state index contributed by atoms with van der Waals surface area (Å²) in [5.41, 5.74) is -0.577. The molecule has 2 unspecified atom stereocenters. The van der Waals surface area contributed by atoms with E-state index in [1.165, 1.54) is 32.5 Å². The Morgan fingerprint density at radius 3 is 2.44 bits per heavy atom. The van der Waals surface area contributed by atoms with E-state index in [-0.39, 0.29) is 0 Å². The van der Waals surface area contributed by atoms with Crippen LogP contribution in [0.15, 0.2) is 0 Å². The first-order chi connectivity index (χ1) is 7.49. The molecule has 0 aromatic heterocycles. The van der Waals surface area contributed by atoms with Crippen molar-refractivity contribution in [2.24, 2.45) is 11.8 Å². The van der Waals surface area contributed by atoms with Crippen LogP contribution in [0.5, 0.6) is 0 Å². The summed E-state index contributed by atoms with van der Waals surface area (Å²) in [4.78, 5) is 2.54.